The zero-order chi connectivity index (χ0) is 12.1. The van der Waals surface area contributed by atoms with Crippen molar-refractivity contribution in [1.29, 1.82) is 0 Å². The average Bonchev–Trinajstić information content (AvgIpc) is 2.65. The predicted molar refractivity (Wildman–Crippen MR) is 70.8 cm³/mol. The Bertz CT molecular complexity index is 325. The van der Waals surface area contributed by atoms with Gasteiger partial charge in [-0.05, 0) is 30.9 Å². The van der Waals surface area contributed by atoms with Gasteiger partial charge in [-0.15, -0.1) is 0 Å². The van der Waals surface area contributed by atoms with Crippen molar-refractivity contribution in [3.05, 3.63) is 30.1 Å². The van der Waals surface area contributed by atoms with Crippen LogP contribution in [0.5, 0.6) is 0 Å². The van der Waals surface area contributed by atoms with Crippen molar-refractivity contribution in [2.24, 2.45) is 5.92 Å². The Morgan fingerprint density at radius 2 is 2.35 bits per heavy atom. The highest BCUT2D eigenvalue weighted by Gasteiger charge is 2.24. The van der Waals surface area contributed by atoms with E-state index in [1.54, 1.807) is 0 Å². The minimum Gasteiger partial charge on any atom is -0.311 e. The Morgan fingerprint density at radius 1 is 1.47 bits per heavy atom. The molecule has 2 heterocycles. The standard InChI is InChI=1S/C14H23N3/c1-12-8-13(2)17(11-12)7-6-16-10-14-4-3-5-15-9-14/h3-5,9,12-13,16H,6-8,10-11H2,1-2H3. The molecule has 2 atom stereocenters. The average molecular weight is 233 g/mol. The van der Waals surface area contributed by atoms with E-state index in [1.807, 2.05) is 18.5 Å². The maximum Gasteiger partial charge on any atom is 0.0312 e. The van der Waals surface area contributed by atoms with Crippen LogP contribution in [0.3, 0.4) is 0 Å². The quantitative estimate of drug-likeness (QED) is 0.787. The van der Waals surface area contributed by atoms with Crippen molar-refractivity contribution < 1.29 is 0 Å². The molecule has 17 heavy (non-hydrogen) atoms. The summed E-state index contributed by atoms with van der Waals surface area (Å²) in [5, 5.41) is 3.48. The highest BCUT2D eigenvalue weighted by Crippen LogP contribution is 2.21. The minimum absolute atomic E-state index is 0.755. The van der Waals surface area contributed by atoms with Crippen molar-refractivity contribution in [3.8, 4) is 0 Å². The number of hydrogen-bond acceptors (Lipinski definition) is 3. The van der Waals surface area contributed by atoms with Crippen molar-refractivity contribution >= 4 is 0 Å². The number of aromatic nitrogens is 1. The van der Waals surface area contributed by atoms with Crippen molar-refractivity contribution in [3.63, 3.8) is 0 Å². The monoisotopic (exact) mass is 233 g/mol. The molecule has 1 aliphatic heterocycles. The zero-order valence-electron chi connectivity index (χ0n) is 10.9. The van der Waals surface area contributed by atoms with E-state index in [0.29, 0.717) is 0 Å². The Balaban J connectivity index is 1.64. The maximum atomic E-state index is 4.11. The first kappa shape index (κ1) is 12.5. The van der Waals surface area contributed by atoms with Crippen LogP contribution < -0.4 is 5.32 Å². The Morgan fingerprint density at radius 3 is 3.00 bits per heavy atom. The molecule has 1 aliphatic rings. The highest BCUT2D eigenvalue weighted by molar-refractivity contribution is 5.07. The molecule has 1 fully saturated rings. The van der Waals surface area contributed by atoms with E-state index in [0.717, 1.165) is 31.6 Å². The van der Waals surface area contributed by atoms with Gasteiger partial charge < -0.3 is 5.32 Å². The van der Waals surface area contributed by atoms with Gasteiger partial charge in [0.25, 0.3) is 0 Å². The van der Waals surface area contributed by atoms with E-state index < -0.39 is 0 Å². The summed E-state index contributed by atoms with van der Waals surface area (Å²) >= 11 is 0. The molecule has 2 rings (SSSR count). The number of nitrogens with one attached hydrogen (secondary N) is 1. The van der Waals surface area contributed by atoms with E-state index in [2.05, 4.69) is 35.1 Å². The van der Waals surface area contributed by atoms with Crippen LogP contribution in [0.1, 0.15) is 25.8 Å². The van der Waals surface area contributed by atoms with Gasteiger partial charge in [-0.1, -0.05) is 13.0 Å². The van der Waals surface area contributed by atoms with E-state index in [9.17, 15) is 0 Å². The lowest BCUT2D eigenvalue weighted by molar-refractivity contribution is 0.264. The molecule has 2 unspecified atom stereocenters. The van der Waals surface area contributed by atoms with Gasteiger partial charge in [0.05, 0.1) is 0 Å². The number of nitrogens with zero attached hydrogens (tertiary/aromatic N) is 2. The molecule has 0 bridgehead atoms. The number of pyridine rings is 1. The summed E-state index contributed by atoms with van der Waals surface area (Å²) in [6, 6.07) is 4.85. The summed E-state index contributed by atoms with van der Waals surface area (Å²) in [6.45, 7) is 9.09. The van der Waals surface area contributed by atoms with Gasteiger partial charge >= 0.3 is 0 Å². The second kappa shape index (κ2) is 6.12. The van der Waals surface area contributed by atoms with Gasteiger partial charge in [0.1, 0.15) is 0 Å². The number of likely N-dealkylation sites (tertiary alicyclic amines) is 1. The lowest BCUT2D eigenvalue weighted by Crippen LogP contribution is -2.34. The largest absolute Gasteiger partial charge is 0.311 e. The first-order chi connectivity index (χ1) is 8.25. The molecule has 3 nitrogen and oxygen atoms in total. The summed E-state index contributed by atoms with van der Waals surface area (Å²) in [4.78, 5) is 6.70. The van der Waals surface area contributed by atoms with Crippen molar-refractivity contribution in [2.75, 3.05) is 19.6 Å². The fourth-order valence-electron chi connectivity index (χ4n) is 2.66. The third kappa shape index (κ3) is 3.79. The maximum absolute atomic E-state index is 4.11. The van der Waals surface area contributed by atoms with Gasteiger partial charge in [0, 0.05) is 44.6 Å². The first-order valence-electron chi connectivity index (χ1n) is 6.59. The van der Waals surface area contributed by atoms with Crippen LogP contribution in [0.2, 0.25) is 0 Å². The van der Waals surface area contributed by atoms with Crippen LogP contribution in [0, 0.1) is 5.92 Å². The number of rotatable bonds is 5. The van der Waals surface area contributed by atoms with E-state index in [1.165, 1.54) is 18.5 Å². The topological polar surface area (TPSA) is 28.2 Å². The molecule has 0 aliphatic carbocycles. The van der Waals surface area contributed by atoms with Crippen molar-refractivity contribution in [1.82, 2.24) is 15.2 Å². The molecule has 1 N–H and O–H groups in total. The van der Waals surface area contributed by atoms with Crippen LogP contribution in [0.4, 0.5) is 0 Å². The normalized spacial score (nSPS) is 25.3. The van der Waals surface area contributed by atoms with E-state index in [4.69, 9.17) is 0 Å². The van der Waals surface area contributed by atoms with Crippen molar-refractivity contribution in [2.45, 2.75) is 32.9 Å². The molecule has 0 spiro atoms. The Hall–Kier alpha value is -0.930. The predicted octanol–water partition coefficient (Wildman–Crippen LogP) is 1.90. The molecule has 1 aromatic heterocycles. The summed E-state index contributed by atoms with van der Waals surface area (Å²) in [6.07, 6.45) is 5.09. The van der Waals surface area contributed by atoms with Gasteiger partial charge in [0.15, 0.2) is 0 Å². The molecule has 3 heteroatoms. The first-order valence-corrected chi connectivity index (χ1v) is 6.59. The van der Waals surface area contributed by atoms with Gasteiger partial charge in [0.2, 0.25) is 0 Å². The van der Waals surface area contributed by atoms with Crippen LogP contribution in [0.15, 0.2) is 24.5 Å². The summed E-state index contributed by atoms with van der Waals surface area (Å²) < 4.78 is 0. The van der Waals surface area contributed by atoms with Gasteiger partial charge in [-0.3, -0.25) is 9.88 Å². The van der Waals surface area contributed by atoms with Gasteiger partial charge in [-0.2, -0.15) is 0 Å². The van der Waals surface area contributed by atoms with Crippen LogP contribution in [0.25, 0.3) is 0 Å². The summed E-state index contributed by atoms with van der Waals surface area (Å²) in [7, 11) is 0. The van der Waals surface area contributed by atoms with Crippen LogP contribution in [-0.2, 0) is 6.54 Å². The SMILES string of the molecule is CC1CC(C)N(CCNCc2cccnc2)C1. The minimum atomic E-state index is 0.755. The number of hydrogen-bond donors (Lipinski definition) is 1. The molecule has 94 valence electrons. The lowest BCUT2D eigenvalue weighted by atomic mass is 10.1. The lowest BCUT2D eigenvalue weighted by Gasteiger charge is -2.21. The zero-order valence-corrected chi connectivity index (χ0v) is 10.9. The van der Waals surface area contributed by atoms with E-state index in [-0.39, 0.29) is 0 Å². The Kier molecular flexibility index (Phi) is 4.51. The van der Waals surface area contributed by atoms with Crippen LogP contribution >= 0.6 is 0 Å². The summed E-state index contributed by atoms with van der Waals surface area (Å²) in [5.41, 5.74) is 1.26. The molecule has 0 radical (unpaired) electrons. The molecule has 0 saturated carbocycles. The molecule has 1 aromatic rings. The fraction of sp³-hybridized carbons (Fsp3) is 0.643. The smallest absolute Gasteiger partial charge is 0.0312 e. The second-order valence-electron chi connectivity index (χ2n) is 5.22. The molecular formula is C14H23N3. The molecule has 0 aromatic carbocycles. The highest BCUT2D eigenvalue weighted by atomic mass is 15.2. The van der Waals surface area contributed by atoms with Gasteiger partial charge in [-0.25, -0.2) is 0 Å². The molecule has 1 saturated heterocycles. The summed E-state index contributed by atoms with van der Waals surface area (Å²) in [5.74, 6) is 0.864. The Labute approximate surface area is 104 Å². The fourth-order valence-corrected chi connectivity index (χ4v) is 2.66. The third-order valence-corrected chi connectivity index (χ3v) is 3.54. The van der Waals surface area contributed by atoms with Crippen LogP contribution in [-0.4, -0.2) is 35.6 Å². The second-order valence-corrected chi connectivity index (χ2v) is 5.22. The molecular weight excluding hydrogens is 210 g/mol. The molecule has 0 amide bonds. The third-order valence-electron chi connectivity index (χ3n) is 3.54. The van der Waals surface area contributed by atoms with E-state index >= 15 is 0 Å².